The third-order valence-corrected chi connectivity index (χ3v) is 2.47. The van der Waals surface area contributed by atoms with Crippen molar-refractivity contribution in [2.24, 2.45) is 5.73 Å². The van der Waals surface area contributed by atoms with Crippen LogP contribution < -0.4 is 10.5 Å². The summed E-state index contributed by atoms with van der Waals surface area (Å²) in [4.78, 5) is 21.2. The Balaban J connectivity index is 3.04. The van der Waals surface area contributed by atoms with Gasteiger partial charge in [-0.3, -0.25) is 4.79 Å². The van der Waals surface area contributed by atoms with E-state index in [0.29, 0.717) is 0 Å². The van der Waals surface area contributed by atoms with E-state index in [1.807, 2.05) is 0 Å². The molecule has 2 unspecified atom stereocenters. The summed E-state index contributed by atoms with van der Waals surface area (Å²) >= 11 is 5.72. The lowest BCUT2D eigenvalue weighted by Crippen LogP contribution is -2.34. The number of aliphatic hydroxyl groups excluding tert-OH is 2. The number of aliphatic hydroxyl groups is 2. The Kier molecular flexibility index (Phi) is 5.11. The minimum atomic E-state index is -1.84. The van der Waals surface area contributed by atoms with Crippen molar-refractivity contribution in [2.45, 2.75) is 12.2 Å². The summed E-state index contributed by atoms with van der Waals surface area (Å²) in [6.45, 7) is -0.660. The van der Waals surface area contributed by atoms with Crippen molar-refractivity contribution < 1.29 is 29.6 Å². The number of hydrogen-bond donors (Lipinski definition) is 4. The number of carbonyl (C=O) groups excluding carboxylic acids is 1. The standard InChI is InChI=1S/C11H12ClNO6/c12-5-1-2-6(9(16)10(17)11(13)18)7(3-5)19-4-8(14)15/h1-3,9-10,16-17H,4H2,(H2,13,18)(H,14,15). The first kappa shape index (κ1) is 15.2. The topological polar surface area (TPSA) is 130 Å². The third kappa shape index (κ3) is 4.09. The van der Waals surface area contributed by atoms with Crippen LogP contribution in [0.25, 0.3) is 0 Å². The van der Waals surface area contributed by atoms with Crippen molar-refractivity contribution in [3.63, 3.8) is 0 Å². The van der Waals surface area contributed by atoms with Gasteiger partial charge in [0.25, 0.3) is 0 Å². The van der Waals surface area contributed by atoms with Crippen LogP contribution in [0, 0.1) is 0 Å². The van der Waals surface area contributed by atoms with Gasteiger partial charge in [-0.2, -0.15) is 0 Å². The Morgan fingerprint density at radius 1 is 1.37 bits per heavy atom. The molecule has 5 N–H and O–H groups in total. The summed E-state index contributed by atoms with van der Waals surface area (Å²) in [5.74, 6) is -2.40. The Labute approximate surface area is 113 Å². The third-order valence-electron chi connectivity index (χ3n) is 2.24. The van der Waals surface area contributed by atoms with E-state index in [1.165, 1.54) is 18.2 Å². The summed E-state index contributed by atoms with van der Waals surface area (Å²) in [7, 11) is 0. The lowest BCUT2D eigenvalue weighted by Gasteiger charge is -2.18. The first-order valence-corrected chi connectivity index (χ1v) is 5.50. The zero-order chi connectivity index (χ0) is 14.6. The molecule has 1 aromatic rings. The maximum Gasteiger partial charge on any atom is 0.341 e. The molecule has 0 aliphatic carbocycles. The fourth-order valence-corrected chi connectivity index (χ4v) is 1.50. The minimum absolute atomic E-state index is 0.0111. The largest absolute Gasteiger partial charge is 0.481 e. The van der Waals surface area contributed by atoms with E-state index >= 15 is 0 Å². The zero-order valence-corrected chi connectivity index (χ0v) is 10.4. The van der Waals surface area contributed by atoms with Crippen LogP contribution in [-0.4, -0.2) is 39.9 Å². The van der Waals surface area contributed by atoms with Crippen molar-refractivity contribution in [3.8, 4) is 5.75 Å². The van der Waals surface area contributed by atoms with Crippen LogP contribution in [0.1, 0.15) is 11.7 Å². The number of nitrogens with two attached hydrogens (primary N) is 1. The molecule has 0 heterocycles. The fraction of sp³-hybridized carbons (Fsp3) is 0.273. The highest BCUT2D eigenvalue weighted by molar-refractivity contribution is 6.30. The van der Waals surface area contributed by atoms with Gasteiger partial charge in [-0.1, -0.05) is 17.7 Å². The predicted molar refractivity (Wildman–Crippen MR) is 64.7 cm³/mol. The van der Waals surface area contributed by atoms with Crippen molar-refractivity contribution in [2.75, 3.05) is 6.61 Å². The molecule has 104 valence electrons. The van der Waals surface area contributed by atoms with Gasteiger partial charge in [0.2, 0.25) is 5.91 Å². The quantitative estimate of drug-likeness (QED) is 0.568. The molecular formula is C11H12ClNO6. The van der Waals surface area contributed by atoms with Crippen LogP contribution in [0.15, 0.2) is 18.2 Å². The van der Waals surface area contributed by atoms with Crippen molar-refractivity contribution in [1.82, 2.24) is 0 Å². The molecule has 1 aromatic carbocycles. The molecule has 7 nitrogen and oxygen atoms in total. The molecule has 0 aliphatic heterocycles. The monoisotopic (exact) mass is 289 g/mol. The Hall–Kier alpha value is -1.83. The van der Waals surface area contributed by atoms with E-state index < -0.39 is 30.7 Å². The van der Waals surface area contributed by atoms with E-state index in [4.69, 9.17) is 27.2 Å². The van der Waals surface area contributed by atoms with Gasteiger partial charge in [0.05, 0.1) is 0 Å². The molecule has 0 saturated heterocycles. The number of rotatable bonds is 6. The zero-order valence-electron chi connectivity index (χ0n) is 9.62. The lowest BCUT2D eigenvalue weighted by molar-refractivity contribution is -0.139. The number of carboxylic acids is 1. The van der Waals surface area contributed by atoms with Crippen LogP contribution in [0.2, 0.25) is 5.02 Å². The van der Waals surface area contributed by atoms with Crippen molar-refractivity contribution in [3.05, 3.63) is 28.8 Å². The summed E-state index contributed by atoms with van der Waals surface area (Å²) < 4.78 is 4.92. The molecular weight excluding hydrogens is 278 g/mol. The molecule has 0 saturated carbocycles. The molecule has 1 rings (SSSR count). The fourth-order valence-electron chi connectivity index (χ4n) is 1.34. The van der Waals surface area contributed by atoms with Gasteiger partial charge in [0.1, 0.15) is 11.9 Å². The molecule has 0 bridgehead atoms. The van der Waals surface area contributed by atoms with E-state index in [2.05, 4.69) is 0 Å². The number of benzene rings is 1. The number of primary amides is 1. The lowest BCUT2D eigenvalue weighted by atomic mass is 10.0. The maximum atomic E-state index is 10.8. The average Bonchev–Trinajstić information content (AvgIpc) is 2.34. The minimum Gasteiger partial charge on any atom is -0.481 e. The molecule has 0 aromatic heterocycles. The smallest absolute Gasteiger partial charge is 0.341 e. The average molecular weight is 290 g/mol. The van der Waals surface area contributed by atoms with Crippen LogP contribution in [0.3, 0.4) is 0 Å². The normalized spacial score (nSPS) is 13.6. The van der Waals surface area contributed by atoms with Crippen LogP contribution >= 0.6 is 11.6 Å². The van der Waals surface area contributed by atoms with Crippen molar-refractivity contribution in [1.29, 1.82) is 0 Å². The number of amides is 1. The molecule has 0 spiro atoms. The van der Waals surface area contributed by atoms with Gasteiger partial charge in [-0.25, -0.2) is 4.79 Å². The van der Waals surface area contributed by atoms with Gasteiger partial charge in [0, 0.05) is 10.6 Å². The second-order valence-corrected chi connectivity index (χ2v) is 4.09. The molecule has 19 heavy (non-hydrogen) atoms. The molecule has 0 fully saturated rings. The van der Waals surface area contributed by atoms with Gasteiger partial charge in [-0.05, 0) is 12.1 Å². The number of aliphatic carboxylic acids is 1. The van der Waals surface area contributed by atoms with E-state index in [-0.39, 0.29) is 16.3 Å². The summed E-state index contributed by atoms with van der Waals surface area (Å²) in [6.07, 6.45) is -3.48. The number of carboxylic acid groups (broad SMARTS) is 1. The summed E-state index contributed by atoms with van der Waals surface area (Å²) in [6, 6.07) is 3.95. The first-order valence-electron chi connectivity index (χ1n) is 5.12. The number of carbonyl (C=O) groups is 2. The van der Waals surface area contributed by atoms with Crippen LogP contribution in [0.5, 0.6) is 5.75 Å². The number of ether oxygens (including phenoxy) is 1. The van der Waals surface area contributed by atoms with Crippen molar-refractivity contribution >= 4 is 23.5 Å². The molecule has 0 aliphatic rings. The van der Waals surface area contributed by atoms with Crippen LogP contribution in [-0.2, 0) is 9.59 Å². The summed E-state index contributed by atoms with van der Waals surface area (Å²) in [5, 5.41) is 27.9. The highest BCUT2D eigenvalue weighted by atomic mass is 35.5. The van der Waals surface area contributed by atoms with Gasteiger partial charge in [-0.15, -0.1) is 0 Å². The van der Waals surface area contributed by atoms with Gasteiger partial charge >= 0.3 is 5.97 Å². The number of hydrogen-bond acceptors (Lipinski definition) is 5. The summed E-state index contributed by atoms with van der Waals surface area (Å²) in [5.41, 5.74) is 4.88. The second-order valence-electron chi connectivity index (χ2n) is 3.66. The molecule has 2 atom stereocenters. The highest BCUT2D eigenvalue weighted by Gasteiger charge is 2.26. The first-order chi connectivity index (χ1) is 8.82. The van der Waals surface area contributed by atoms with E-state index in [9.17, 15) is 19.8 Å². The predicted octanol–water partition coefficient (Wildman–Crippen LogP) is -0.317. The second kappa shape index (κ2) is 6.37. The Morgan fingerprint density at radius 3 is 2.53 bits per heavy atom. The molecule has 1 amide bonds. The SMILES string of the molecule is NC(=O)C(O)C(O)c1ccc(Cl)cc1OCC(=O)O. The molecule has 0 radical (unpaired) electrons. The van der Waals surface area contributed by atoms with Crippen LogP contribution in [0.4, 0.5) is 0 Å². The molecule has 8 heteroatoms. The van der Waals surface area contributed by atoms with E-state index in [1.54, 1.807) is 0 Å². The highest BCUT2D eigenvalue weighted by Crippen LogP contribution is 2.30. The van der Waals surface area contributed by atoms with Gasteiger partial charge in [0.15, 0.2) is 12.7 Å². The Morgan fingerprint density at radius 2 is 2.00 bits per heavy atom. The van der Waals surface area contributed by atoms with E-state index in [0.717, 1.165) is 0 Å². The Bertz CT molecular complexity index is 492. The maximum absolute atomic E-state index is 10.8. The number of halogens is 1. The van der Waals surface area contributed by atoms with Gasteiger partial charge < -0.3 is 25.8 Å².